The first kappa shape index (κ1) is 15.2. The monoisotopic (exact) mass is 308 g/mol. The van der Waals surface area contributed by atoms with Crippen LogP contribution in [0.5, 0.6) is 0 Å². The molecule has 1 aromatic carbocycles. The third-order valence-electron chi connectivity index (χ3n) is 3.75. The summed E-state index contributed by atoms with van der Waals surface area (Å²) in [5.74, 6) is 0.0841. The molecule has 3 rings (SSSR count). The lowest BCUT2D eigenvalue weighted by Gasteiger charge is -2.11. The number of hydrogen-bond acceptors (Lipinski definition) is 3. The highest BCUT2D eigenvalue weighted by Gasteiger charge is 2.14. The zero-order valence-corrected chi connectivity index (χ0v) is 13.6. The molecule has 0 unspecified atom stereocenters. The van der Waals surface area contributed by atoms with Crippen LogP contribution in [0.1, 0.15) is 47.1 Å². The number of aryl methyl sites for hydroxylation is 1. The molecule has 0 fully saturated rings. The van der Waals surface area contributed by atoms with Crippen LogP contribution in [0.4, 0.5) is 0 Å². The van der Waals surface area contributed by atoms with Crippen LogP contribution >= 0.6 is 0 Å². The highest BCUT2D eigenvalue weighted by atomic mass is 16.1. The maximum atomic E-state index is 12.4. The van der Waals surface area contributed by atoms with Crippen molar-refractivity contribution in [2.75, 3.05) is 0 Å². The van der Waals surface area contributed by atoms with E-state index in [0.717, 1.165) is 11.3 Å². The van der Waals surface area contributed by atoms with Crippen LogP contribution in [0.2, 0.25) is 0 Å². The Morgan fingerprint density at radius 1 is 1.26 bits per heavy atom. The van der Waals surface area contributed by atoms with Crippen LogP contribution in [0.3, 0.4) is 0 Å². The first-order chi connectivity index (χ1) is 11.0. The topological polar surface area (TPSA) is 59.3 Å². The van der Waals surface area contributed by atoms with Gasteiger partial charge >= 0.3 is 0 Å². The molecule has 5 nitrogen and oxygen atoms in total. The van der Waals surface area contributed by atoms with Gasteiger partial charge in [-0.25, -0.2) is 9.50 Å². The molecule has 2 aromatic heterocycles. The van der Waals surface area contributed by atoms with Crippen molar-refractivity contribution >= 4 is 11.6 Å². The quantitative estimate of drug-likeness (QED) is 0.805. The zero-order valence-electron chi connectivity index (χ0n) is 13.6. The number of fused-ring (bicyclic) bond motifs is 1. The molecule has 0 aliphatic rings. The third-order valence-corrected chi connectivity index (χ3v) is 3.75. The van der Waals surface area contributed by atoms with Gasteiger partial charge in [-0.1, -0.05) is 43.7 Å². The smallest absolute Gasteiger partial charge is 0.270 e. The van der Waals surface area contributed by atoms with Gasteiger partial charge in [0.05, 0.1) is 6.20 Å². The molecule has 0 aliphatic heterocycles. The number of rotatable bonds is 4. The van der Waals surface area contributed by atoms with Crippen molar-refractivity contribution in [3.63, 3.8) is 0 Å². The number of nitrogens with one attached hydrogen (secondary N) is 1. The van der Waals surface area contributed by atoms with Crippen LogP contribution in [0, 0.1) is 6.92 Å². The van der Waals surface area contributed by atoms with E-state index in [9.17, 15) is 4.79 Å². The number of benzene rings is 1. The van der Waals surface area contributed by atoms with Gasteiger partial charge in [0.15, 0.2) is 5.65 Å². The third kappa shape index (κ3) is 3.23. The van der Waals surface area contributed by atoms with Crippen LogP contribution in [-0.2, 0) is 6.54 Å². The Hall–Kier alpha value is -2.69. The Morgan fingerprint density at radius 2 is 2.09 bits per heavy atom. The largest absolute Gasteiger partial charge is 0.347 e. The van der Waals surface area contributed by atoms with Crippen molar-refractivity contribution < 1.29 is 4.79 Å². The van der Waals surface area contributed by atoms with E-state index in [2.05, 4.69) is 35.3 Å². The maximum Gasteiger partial charge on any atom is 0.270 e. The lowest BCUT2D eigenvalue weighted by atomic mass is 10.1. The van der Waals surface area contributed by atoms with Gasteiger partial charge in [0.25, 0.3) is 5.91 Å². The molecule has 1 amide bonds. The first-order valence-corrected chi connectivity index (χ1v) is 7.73. The molecule has 118 valence electrons. The fourth-order valence-electron chi connectivity index (χ4n) is 2.56. The zero-order chi connectivity index (χ0) is 16.4. The number of amides is 1. The Balaban J connectivity index is 1.83. The molecule has 0 bridgehead atoms. The van der Waals surface area contributed by atoms with E-state index >= 15 is 0 Å². The van der Waals surface area contributed by atoms with Crippen LogP contribution in [0.15, 0.2) is 42.6 Å². The van der Waals surface area contributed by atoms with Gasteiger partial charge in [-0.3, -0.25) is 4.79 Å². The fourth-order valence-corrected chi connectivity index (χ4v) is 2.56. The van der Waals surface area contributed by atoms with E-state index < -0.39 is 0 Å². The highest BCUT2D eigenvalue weighted by Crippen LogP contribution is 2.16. The number of carbonyl (C=O) groups excluding carboxylic acids is 1. The molecule has 0 atom stereocenters. The molecular weight excluding hydrogens is 288 g/mol. The van der Waals surface area contributed by atoms with Crippen LogP contribution in [0.25, 0.3) is 5.65 Å². The van der Waals surface area contributed by atoms with Gasteiger partial charge in [-0.2, -0.15) is 5.10 Å². The number of hydrogen-bond donors (Lipinski definition) is 1. The standard InChI is InChI=1S/C18H20N4O/c1-12(2)16-10-15(21-17-7-8-20-22(16)17)18(23)19-11-14-6-4-5-13(3)9-14/h4-10,12H,11H2,1-3H3,(H,19,23). The average molecular weight is 308 g/mol. The number of aromatic nitrogens is 3. The number of carbonyl (C=O) groups is 1. The van der Waals surface area contributed by atoms with Crippen molar-refractivity contribution in [1.29, 1.82) is 0 Å². The van der Waals surface area contributed by atoms with E-state index in [1.165, 1.54) is 5.56 Å². The summed E-state index contributed by atoms with van der Waals surface area (Å²) in [6.07, 6.45) is 1.70. The average Bonchev–Trinajstić information content (AvgIpc) is 3.00. The predicted molar refractivity (Wildman–Crippen MR) is 89.4 cm³/mol. The summed E-state index contributed by atoms with van der Waals surface area (Å²) < 4.78 is 1.78. The molecule has 0 spiro atoms. The minimum Gasteiger partial charge on any atom is -0.347 e. The first-order valence-electron chi connectivity index (χ1n) is 7.73. The minimum absolute atomic E-state index is 0.169. The second kappa shape index (κ2) is 6.20. The van der Waals surface area contributed by atoms with E-state index in [-0.39, 0.29) is 11.8 Å². The van der Waals surface area contributed by atoms with E-state index in [1.807, 2.05) is 37.3 Å². The SMILES string of the molecule is Cc1cccc(CNC(=O)c2cc(C(C)C)n3nccc3n2)c1. The summed E-state index contributed by atoms with van der Waals surface area (Å²) in [5.41, 5.74) is 4.34. The predicted octanol–water partition coefficient (Wildman–Crippen LogP) is 3.09. The van der Waals surface area contributed by atoms with Gasteiger partial charge in [-0.05, 0) is 24.5 Å². The molecule has 3 aromatic rings. The molecule has 5 heteroatoms. The Morgan fingerprint density at radius 3 is 2.83 bits per heavy atom. The van der Waals surface area contributed by atoms with Crippen molar-refractivity contribution in [2.45, 2.75) is 33.2 Å². The molecule has 0 saturated carbocycles. The molecular formula is C18H20N4O. The lowest BCUT2D eigenvalue weighted by Crippen LogP contribution is -2.24. The van der Waals surface area contributed by atoms with Crippen LogP contribution in [-0.4, -0.2) is 20.5 Å². The summed E-state index contributed by atoms with van der Waals surface area (Å²) in [5, 5.41) is 7.20. The summed E-state index contributed by atoms with van der Waals surface area (Å²) in [7, 11) is 0. The summed E-state index contributed by atoms with van der Waals surface area (Å²) in [4.78, 5) is 16.8. The molecule has 1 N–H and O–H groups in total. The number of nitrogens with zero attached hydrogens (tertiary/aromatic N) is 3. The van der Waals surface area contributed by atoms with Crippen molar-refractivity contribution in [3.8, 4) is 0 Å². The summed E-state index contributed by atoms with van der Waals surface area (Å²) in [6.45, 7) is 6.68. The molecule has 0 saturated heterocycles. The van der Waals surface area contributed by atoms with Gasteiger partial charge in [0.1, 0.15) is 5.69 Å². The molecule has 0 radical (unpaired) electrons. The van der Waals surface area contributed by atoms with Gasteiger partial charge in [-0.15, -0.1) is 0 Å². The second-order valence-corrected chi connectivity index (χ2v) is 5.99. The Labute approximate surface area is 135 Å². The Bertz CT molecular complexity index is 851. The fraction of sp³-hybridized carbons (Fsp3) is 0.278. The molecule has 2 heterocycles. The van der Waals surface area contributed by atoms with Crippen molar-refractivity contribution in [1.82, 2.24) is 19.9 Å². The van der Waals surface area contributed by atoms with E-state index in [4.69, 9.17) is 0 Å². The minimum atomic E-state index is -0.169. The molecule has 0 aliphatic carbocycles. The van der Waals surface area contributed by atoms with E-state index in [0.29, 0.717) is 17.9 Å². The maximum absolute atomic E-state index is 12.4. The highest BCUT2D eigenvalue weighted by molar-refractivity contribution is 5.92. The molecule has 23 heavy (non-hydrogen) atoms. The summed E-state index contributed by atoms with van der Waals surface area (Å²) >= 11 is 0. The Kier molecular flexibility index (Phi) is 4.10. The van der Waals surface area contributed by atoms with Crippen LogP contribution < -0.4 is 5.32 Å². The van der Waals surface area contributed by atoms with Crippen molar-refractivity contribution in [3.05, 3.63) is 65.1 Å². The second-order valence-electron chi connectivity index (χ2n) is 5.99. The van der Waals surface area contributed by atoms with Gasteiger partial charge in [0, 0.05) is 18.3 Å². The summed E-state index contributed by atoms with van der Waals surface area (Å²) in [6, 6.07) is 11.7. The van der Waals surface area contributed by atoms with Gasteiger partial charge in [0.2, 0.25) is 0 Å². The lowest BCUT2D eigenvalue weighted by molar-refractivity contribution is 0.0946. The normalized spacial score (nSPS) is 11.1. The van der Waals surface area contributed by atoms with Crippen molar-refractivity contribution in [2.24, 2.45) is 0 Å². The van der Waals surface area contributed by atoms with E-state index in [1.54, 1.807) is 10.7 Å². The van der Waals surface area contributed by atoms with Gasteiger partial charge < -0.3 is 5.32 Å².